The predicted molar refractivity (Wildman–Crippen MR) is 116 cm³/mol. The van der Waals surface area contributed by atoms with Crippen molar-refractivity contribution in [1.82, 2.24) is 5.32 Å². The Morgan fingerprint density at radius 3 is 2.71 bits per heavy atom. The lowest BCUT2D eigenvalue weighted by Gasteiger charge is -2.16. The van der Waals surface area contributed by atoms with Crippen molar-refractivity contribution in [1.29, 1.82) is 0 Å². The summed E-state index contributed by atoms with van der Waals surface area (Å²) in [4.78, 5) is 26.9. The van der Waals surface area contributed by atoms with Crippen LogP contribution in [0.4, 0.5) is 0 Å². The number of allylic oxidation sites excluding steroid dienone is 1. The molecule has 2 heterocycles. The number of ether oxygens (including phenoxy) is 1. The fourth-order valence-electron chi connectivity index (χ4n) is 3.08. The molecule has 0 fully saturated rings. The Bertz CT molecular complexity index is 835. The highest BCUT2D eigenvalue weighted by molar-refractivity contribution is 7.12. The minimum Gasteiger partial charge on any atom is -0.449 e. The highest BCUT2D eigenvalue weighted by Crippen LogP contribution is 2.26. The molecule has 0 saturated carbocycles. The van der Waals surface area contributed by atoms with Crippen molar-refractivity contribution < 1.29 is 14.3 Å². The topological polar surface area (TPSA) is 55.4 Å². The zero-order valence-electron chi connectivity index (χ0n) is 16.0. The van der Waals surface area contributed by atoms with E-state index in [1.54, 1.807) is 18.3 Å². The predicted octanol–water partition coefficient (Wildman–Crippen LogP) is 5.29. The summed E-state index contributed by atoms with van der Waals surface area (Å²) in [6, 6.07) is 7.66. The van der Waals surface area contributed by atoms with Crippen molar-refractivity contribution >= 4 is 46.2 Å². The third kappa shape index (κ3) is 5.91. The summed E-state index contributed by atoms with van der Waals surface area (Å²) in [5.41, 5.74) is 1.89. The lowest BCUT2D eigenvalue weighted by Crippen LogP contribution is -2.36. The van der Waals surface area contributed by atoms with Gasteiger partial charge < -0.3 is 10.1 Å². The Morgan fingerprint density at radius 2 is 2.04 bits per heavy atom. The average molecular weight is 416 g/mol. The van der Waals surface area contributed by atoms with Crippen LogP contribution < -0.4 is 5.32 Å². The molecule has 0 radical (unpaired) electrons. The van der Waals surface area contributed by atoms with Crippen molar-refractivity contribution in [2.24, 2.45) is 0 Å². The molecule has 28 heavy (non-hydrogen) atoms. The second-order valence-electron chi connectivity index (χ2n) is 6.75. The maximum Gasteiger partial charge on any atom is 0.340 e. The van der Waals surface area contributed by atoms with Crippen molar-refractivity contribution in [3.05, 3.63) is 56.4 Å². The van der Waals surface area contributed by atoms with Gasteiger partial charge in [-0.05, 0) is 68.0 Å². The molecule has 1 aliphatic rings. The summed E-state index contributed by atoms with van der Waals surface area (Å²) in [6.45, 7) is 2.19. The molecule has 0 spiro atoms. The van der Waals surface area contributed by atoms with E-state index in [4.69, 9.17) is 4.74 Å². The first-order valence-electron chi connectivity index (χ1n) is 9.59. The Labute approximate surface area is 173 Å². The summed E-state index contributed by atoms with van der Waals surface area (Å²) in [5, 5.41) is 6.76. The number of thiophene rings is 2. The van der Waals surface area contributed by atoms with Crippen LogP contribution in [0.25, 0.3) is 11.6 Å². The molecule has 3 rings (SSSR count). The molecule has 6 heteroatoms. The summed E-state index contributed by atoms with van der Waals surface area (Å²) >= 11 is 3.03. The minimum atomic E-state index is -0.834. The number of nitrogens with one attached hydrogen (secondary N) is 1. The Hall–Kier alpha value is -2.18. The molecule has 0 aromatic carbocycles. The van der Waals surface area contributed by atoms with Crippen LogP contribution in [0.3, 0.4) is 0 Å². The fraction of sp³-hybridized carbons (Fsp3) is 0.364. The van der Waals surface area contributed by atoms with Gasteiger partial charge in [0.1, 0.15) is 0 Å². The van der Waals surface area contributed by atoms with Gasteiger partial charge in [0.25, 0.3) is 5.91 Å². The standard InChI is InChI=1S/C22H25NO3S2/c1-16(21(24)23-12-11-17-7-3-2-4-8-17)26-22(25)19(20-10-6-14-28-20)15-18-9-5-13-27-18/h5-7,9-10,13-16H,2-4,8,11-12H2,1H3,(H,23,24)/b19-15+/t16-/m0/s1. The quantitative estimate of drug-likeness (QED) is 0.362. The zero-order chi connectivity index (χ0) is 19.8. The van der Waals surface area contributed by atoms with E-state index in [0.717, 1.165) is 29.0 Å². The van der Waals surface area contributed by atoms with Gasteiger partial charge in [0.15, 0.2) is 6.10 Å². The lowest BCUT2D eigenvalue weighted by atomic mass is 9.97. The van der Waals surface area contributed by atoms with Gasteiger partial charge in [0, 0.05) is 16.3 Å². The molecule has 0 aliphatic heterocycles. The van der Waals surface area contributed by atoms with Crippen molar-refractivity contribution in [3.63, 3.8) is 0 Å². The molecule has 148 valence electrons. The Kier molecular flexibility index (Phi) is 7.62. The molecule has 1 atom stereocenters. The Balaban J connectivity index is 1.56. The van der Waals surface area contributed by atoms with E-state index in [-0.39, 0.29) is 5.91 Å². The number of amides is 1. The zero-order valence-corrected chi connectivity index (χ0v) is 17.6. The van der Waals surface area contributed by atoms with E-state index < -0.39 is 12.1 Å². The van der Waals surface area contributed by atoms with Crippen LogP contribution in [0.2, 0.25) is 0 Å². The summed E-state index contributed by atoms with van der Waals surface area (Å²) < 4.78 is 5.47. The SMILES string of the molecule is C[C@H](OC(=O)/C(=C/c1cccs1)c1cccs1)C(=O)NCCC1=CCCCC1. The first-order chi connectivity index (χ1) is 13.6. The molecule has 0 saturated heterocycles. The fourth-order valence-corrected chi connectivity index (χ4v) is 4.46. The number of esters is 1. The van der Waals surface area contributed by atoms with E-state index in [1.165, 1.54) is 29.8 Å². The second-order valence-corrected chi connectivity index (χ2v) is 8.67. The van der Waals surface area contributed by atoms with Gasteiger partial charge in [-0.2, -0.15) is 0 Å². The van der Waals surface area contributed by atoms with Crippen LogP contribution in [-0.2, 0) is 14.3 Å². The van der Waals surface area contributed by atoms with E-state index in [1.807, 2.05) is 41.1 Å². The van der Waals surface area contributed by atoms with E-state index >= 15 is 0 Å². The van der Waals surface area contributed by atoms with Gasteiger partial charge >= 0.3 is 5.97 Å². The molecule has 1 N–H and O–H groups in total. The normalized spacial score (nSPS) is 15.6. The van der Waals surface area contributed by atoms with Gasteiger partial charge in [0.05, 0.1) is 5.57 Å². The average Bonchev–Trinajstić information content (AvgIpc) is 3.40. The monoisotopic (exact) mass is 415 g/mol. The number of hydrogen-bond donors (Lipinski definition) is 1. The van der Waals surface area contributed by atoms with Gasteiger partial charge in [0.2, 0.25) is 0 Å². The van der Waals surface area contributed by atoms with Crippen molar-refractivity contribution in [3.8, 4) is 0 Å². The molecular formula is C22H25NO3S2. The molecule has 0 bridgehead atoms. The summed E-state index contributed by atoms with van der Waals surface area (Å²) in [5.74, 6) is -0.736. The van der Waals surface area contributed by atoms with Crippen molar-refractivity contribution in [2.75, 3.05) is 6.54 Å². The largest absolute Gasteiger partial charge is 0.449 e. The first-order valence-corrected chi connectivity index (χ1v) is 11.3. The molecule has 4 nitrogen and oxygen atoms in total. The number of carbonyl (C=O) groups is 2. The first kappa shape index (κ1) is 20.6. The third-order valence-corrected chi connectivity index (χ3v) is 6.34. The number of hydrogen-bond acceptors (Lipinski definition) is 5. The second kappa shape index (κ2) is 10.4. The maximum atomic E-state index is 12.7. The highest BCUT2D eigenvalue weighted by atomic mass is 32.1. The van der Waals surface area contributed by atoms with Gasteiger partial charge in [-0.3, -0.25) is 4.79 Å². The van der Waals surface area contributed by atoms with Crippen LogP contribution in [0.1, 0.15) is 48.8 Å². The minimum absolute atomic E-state index is 0.258. The van der Waals surface area contributed by atoms with Gasteiger partial charge in [-0.15, -0.1) is 22.7 Å². The molecular weight excluding hydrogens is 390 g/mol. The maximum absolute atomic E-state index is 12.7. The lowest BCUT2D eigenvalue weighted by molar-refractivity contribution is -0.149. The van der Waals surface area contributed by atoms with Gasteiger partial charge in [-0.25, -0.2) is 4.79 Å². The summed E-state index contributed by atoms with van der Waals surface area (Å²) in [7, 11) is 0. The number of rotatable bonds is 8. The van der Waals surface area contributed by atoms with Crippen LogP contribution in [-0.4, -0.2) is 24.5 Å². The van der Waals surface area contributed by atoms with Crippen LogP contribution in [0.15, 0.2) is 46.7 Å². The van der Waals surface area contributed by atoms with E-state index in [9.17, 15) is 9.59 Å². The molecule has 2 aromatic heterocycles. The number of carbonyl (C=O) groups excluding carboxylic acids is 2. The third-order valence-electron chi connectivity index (χ3n) is 4.62. The Morgan fingerprint density at radius 1 is 1.21 bits per heavy atom. The highest BCUT2D eigenvalue weighted by Gasteiger charge is 2.22. The summed E-state index contributed by atoms with van der Waals surface area (Å²) in [6.07, 6.45) is 8.88. The van der Waals surface area contributed by atoms with E-state index in [0.29, 0.717) is 12.1 Å². The smallest absolute Gasteiger partial charge is 0.340 e. The van der Waals surface area contributed by atoms with Crippen LogP contribution >= 0.6 is 22.7 Å². The van der Waals surface area contributed by atoms with Crippen LogP contribution in [0.5, 0.6) is 0 Å². The van der Waals surface area contributed by atoms with E-state index in [2.05, 4.69) is 11.4 Å². The van der Waals surface area contributed by atoms with Gasteiger partial charge in [-0.1, -0.05) is 23.8 Å². The molecule has 2 aromatic rings. The molecule has 1 aliphatic carbocycles. The molecule has 1 amide bonds. The van der Waals surface area contributed by atoms with Crippen molar-refractivity contribution in [2.45, 2.75) is 45.1 Å². The van der Waals surface area contributed by atoms with Crippen LogP contribution in [0, 0.1) is 0 Å². The molecule has 0 unspecified atom stereocenters.